The summed E-state index contributed by atoms with van der Waals surface area (Å²) in [6, 6.07) is 17.7. The molecule has 0 fully saturated rings. The maximum atomic E-state index is 11.0. The summed E-state index contributed by atoms with van der Waals surface area (Å²) in [5.41, 5.74) is 2.95. The van der Waals surface area contributed by atoms with Gasteiger partial charge in [0, 0.05) is 16.5 Å². The number of methoxy groups -OCH3 is 1. The fourth-order valence-corrected chi connectivity index (χ4v) is 4.00. The maximum Gasteiger partial charge on any atom is 0.151 e. The summed E-state index contributed by atoms with van der Waals surface area (Å²) in [5, 5.41) is 33.9. The number of rotatable bonds is 14. The Morgan fingerprint density at radius 2 is 1.84 bits per heavy atom. The van der Waals surface area contributed by atoms with Crippen LogP contribution in [0.2, 0.25) is 0 Å². The lowest BCUT2D eigenvalue weighted by Gasteiger charge is -2.14. The number of aliphatic hydroxyl groups excluding tert-OH is 1. The van der Waals surface area contributed by atoms with Crippen molar-refractivity contribution in [2.45, 2.75) is 36.9 Å². The van der Waals surface area contributed by atoms with E-state index in [0.29, 0.717) is 34.1 Å². The van der Waals surface area contributed by atoms with Crippen LogP contribution in [-0.4, -0.2) is 41.8 Å². The summed E-state index contributed by atoms with van der Waals surface area (Å²) < 4.78 is 11.4. The quantitative estimate of drug-likeness (QED) is 0.0486. The van der Waals surface area contributed by atoms with Crippen molar-refractivity contribution in [2.75, 3.05) is 20.2 Å². The number of nitrogens with zero attached hydrogens (tertiary/aromatic N) is 1. The monoisotopic (exact) mass is 524 g/mol. The predicted octanol–water partition coefficient (Wildman–Crippen LogP) is 5.28. The molecule has 3 aromatic rings. The van der Waals surface area contributed by atoms with E-state index in [9.17, 15) is 10.0 Å². The van der Waals surface area contributed by atoms with Crippen molar-refractivity contribution in [3.8, 4) is 17.2 Å². The normalized spacial score (nSPS) is 11.5. The van der Waals surface area contributed by atoms with E-state index >= 15 is 0 Å². The summed E-state index contributed by atoms with van der Waals surface area (Å²) in [5.74, 6) is 1.35. The van der Waals surface area contributed by atoms with Gasteiger partial charge >= 0.3 is 0 Å². The number of thiol groups is 1. The molecular formula is C28H32N2O6S. The Hall–Kier alpha value is -3.37. The van der Waals surface area contributed by atoms with Crippen molar-refractivity contribution in [1.29, 1.82) is 0 Å². The predicted molar refractivity (Wildman–Crippen MR) is 147 cm³/mol. The summed E-state index contributed by atoms with van der Waals surface area (Å²) >= 11 is 4.51. The lowest BCUT2D eigenvalue weighted by molar-refractivity contribution is -0.0464. The first-order valence-electron chi connectivity index (χ1n) is 12.0. The zero-order chi connectivity index (χ0) is 26.6. The third kappa shape index (κ3) is 8.91. The first-order valence-corrected chi connectivity index (χ1v) is 12.4. The van der Waals surface area contributed by atoms with Gasteiger partial charge < -0.3 is 30.1 Å². The van der Waals surface area contributed by atoms with E-state index in [-0.39, 0.29) is 11.4 Å². The fraction of sp³-hybridized carbons (Fsp3) is 0.286. The second kappa shape index (κ2) is 14.4. The van der Waals surface area contributed by atoms with Crippen molar-refractivity contribution < 1.29 is 24.8 Å². The van der Waals surface area contributed by atoms with Crippen LogP contribution < -0.4 is 14.8 Å². The number of benzene rings is 3. The van der Waals surface area contributed by atoms with E-state index in [2.05, 4.69) is 35.3 Å². The van der Waals surface area contributed by atoms with Gasteiger partial charge in [0.2, 0.25) is 0 Å². The Kier molecular flexibility index (Phi) is 11.0. The third-order valence-electron chi connectivity index (χ3n) is 5.66. The minimum atomic E-state index is -1.23. The van der Waals surface area contributed by atoms with Gasteiger partial charge in [0.15, 0.2) is 12.0 Å². The third-order valence-corrected chi connectivity index (χ3v) is 6.03. The minimum absolute atomic E-state index is 0.0973. The van der Waals surface area contributed by atoms with Crippen molar-refractivity contribution in [3.63, 3.8) is 0 Å². The molecule has 196 valence electrons. The molecule has 0 aliphatic carbocycles. The van der Waals surface area contributed by atoms with Crippen LogP contribution in [-0.2, 0) is 6.42 Å². The van der Waals surface area contributed by atoms with Crippen LogP contribution in [0.25, 0.3) is 11.8 Å². The molecule has 0 unspecified atom stereocenters. The van der Waals surface area contributed by atoms with Gasteiger partial charge in [-0.25, -0.2) is 0 Å². The number of nitrogens with one attached hydrogen (secondary N) is 1. The van der Waals surface area contributed by atoms with Gasteiger partial charge in [0.05, 0.1) is 7.11 Å². The highest BCUT2D eigenvalue weighted by molar-refractivity contribution is 7.80. The zero-order valence-corrected chi connectivity index (χ0v) is 21.5. The van der Waals surface area contributed by atoms with E-state index < -0.39 is 6.29 Å². The summed E-state index contributed by atoms with van der Waals surface area (Å²) in [7, 11) is 1.45. The molecule has 3 aromatic carbocycles. The van der Waals surface area contributed by atoms with Gasteiger partial charge in [-0.05, 0) is 91.5 Å². The molecule has 0 saturated carbocycles. The molecule has 0 bridgehead atoms. The van der Waals surface area contributed by atoms with Crippen molar-refractivity contribution in [3.05, 3.63) is 82.3 Å². The number of ether oxygens (including phenoxy) is 2. The van der Waals surface area contributed by atoms with Gasteiger partial charge in [-0.3, -0.25) is 0 Å². The van der Waals surface area contributed by atoms with E-state index in [0.717, 1.165) is 37.9 Å². The van der Waals surface area contributed by atoms with Gasteiger partial charge in [0.1, 0.15) is 22.9 Å². The number of phenols is 1. The standard InChI is InChI=1S/C28H32N2O6S/c1-35-26-18-22(10-12-24(26)30-34)36-25(23-11-9-21(31)17-27(23)37)16-20-7-5-19(6-8-20)13-15-29-14-3-2-4-28(32)33/h5-12,16-18,28-29,31-33,37H,2-4,13-15H2,1H3/b25-16-. The Bertz CT molecular complexity index is 1200. The SMILES string of the molecule is COc1cc(O/C(=C\c2ccc(CCNCCCCC(O)O)cc2)c2ccc(O)cc2S)ccc1N=O. The molecule has 0 saturated heterocycles. The largest absolute Gasteiger partial charge is 0.508 e. The molecule has 0 heterocycles. The van der Waals surface area contributed by atoms with Crippen molar-refractivity contribution in [1.82, 2.24) is 5.32 Å². The van der Waals surface area contributed by atoms with Gasteiger partial charge in [-0.15, -0.1) is 17.5 Å². The molecule has 8 nitrogen and oxygen atoms in total. The molecule has 9 heteroatoms. The molecule has 37 heavy (non-hydrogen) atoms. The van der Waals surface area contributed by atoms with Gasteiger partial charge in [-0.1, -0.05) is 24.3 Å². The summed E-state index contributed by atoms with van der Waals surface area (Å²) in [6.07, 6.45) is 3.59. The van der Waals surface area contributed by atoms with E-state index in [1.54, 1.807) is 24.3 Å². The number of aliphatic hydroxyl groups is 2. The molecule has 0 amide bonds. The highest BCUT2D eigenvalue weighted by Gasteiger charge is 2.13. The number of phenolic OH excluding ortho intramolecular Hbond substituents is 1. The van der Waals surface area contributed by atoms with E-state index in [4.69, 9.17) is 19.7 Å². The molecule has 0 aliphatic rings. The molecule has 0 aromatic heterocycles. The topological polar surface area (TPSA) is 121 Å². The zero-order valence-electron chi connectivity index (χ0n) is 20.6. The van der Waals surface area contributed by atoms with Gasteiger partial charge in [0.25, 0.3) is 0 Å². The highest BCUT2D eigenvalue weighted by atomic mass is 32.1. The molecule has 3 rings (SSSR count). The highest BCUT2D eigenvalue weighted by Crippen LogP contribution is 2.35. The second-order valence-electron chi connectivity index (χ2n) is 8.46. The average molecular weight is 525 g/mol. The fourth-order valence-electron chi connectivity index (χ4n) is 3.68. The lowest BCUT2D eigenvalue weighted by atomic mass is 10.1. The van der Waals surface area contributed by atoms with E-state index in [1.165, 1.54) is 24.8 Å². The van der Waals surface area contributed by atoms with Crippen LogP contribution in [0.4, 0.5) is 5.69 Å². The number of hydrogen-bond donors (Lipinski definition) is 5. The maximum absolute atomic E-state index is 11.0. The molecule has 0 spiro atoms. The molecule has 4 N–H and O–H groups in total. The second-order valence-corrected chi connectivity index (χ2v) is 8.94. The molecule has 0 aliphatic heterocycles. The summed E-state index contributed by atoms with van der Waals surface area (Å²) in [4.78, 5) is 11.5. The number of unbranched alkanes of at least 4 members (excludes halogenated alkanes) is 1. The lowest BCUT2D eigenvalue weighted by Crippen LogP contribution is -2.18. The van der Waals surface area contributed by atoms with Crippen molar-refractivity contribution >= 4 is 30.2 Å². The molecule has 0 atom stereocenters. The van der Waals surface area contributed by atoms with E-state index in [1.807, 2.05) is 18.2 Å². The first-order chi connectivity index (χ1) is 17.9. The van der Waals surface area contributed by atoms with Crippen LogP contribution >= 0.6 is 12.6 Å². The van der Waals surface area contributed by atoms with Crippen LogP contribution in [0.15, 0.2) is 70.7 Å². The van der Waals surface area contributed by atoms with Crippen LogP contribution in [0.1, 0.15) is 36.0 Å². The Labute approximate surface area is 222 Å². The number of aromatic hydroxyl groups is 1. The number of nitroso groups, excluding NO2 is 1. The van der Waals surface area contributed by atoms with Crippen molar-refractivity contribution in [2.24, 2.45) is 5.18 Å². The van der Waals surface area contributed by atoms with Gasteiger partial charge in [-0.2, -0.15) is 0 Å². The first kappa shape index (κ1) is 28.2. The Morgan fingerprint density at radius 1 is 1.05 bits per heavy atom. The smallest absolute Gasteiger partial charge is 0.151 e. The minimum Gasteiger partial charge on any atom is -0.508 e. The Morgan fingerprint density at radius 3 is 2.51 bits per heavy atom. The Balaban J connectivity index is 1.73. The molecular weight excluding hydrogens is 492 g/mol. The summed E-state index contributed by atoms with van der Waals surface area (Å²) in [6.45, 7) is 1.66. The number of hydrogen-bond acceptors (Lipinski definition) is 9. The molecule has 0 radical (unpaired) electrons. The van der Waals surface area contributed by atoms with Crippen LogP contribution in [0, 0.1) is 4.91 Å². The average Bonchev–Trinajstić information content (AvgIpc) is 2.88. The van der Waals surface area contributed by atoms with Crippen LogP contribution in [0.3, 0.4) is 0 Å². The van der Waals surface area contributed by atoms with Crippen LogP contribution in [0.5, 0.6) is 17.2 Å².